The van der Waals surface area contributed by atoms with Crippen LogP contribution >= 0.6 is 15.9 Å². The molecule has 15 heavy (non-hydrogen) atoms. The maximum absolute atomic E-state index is 3.52. The smallest absolute Gasteiger partial charge is 0.00975 e. The molecule has 0 fully saturated rings. The Morgan fingerprint density at radius 2 is 1.80 bits per heavy atom. The third-order valence-electron chi connectivity index (χ3n) is 2.85. The average Bonchev–Trinajstić information content (AvgIpc) is 2.29. The summed E-state index contributed by atoms with van der Waals surface area (Å²) >= 11 is 3.52. The van der Waals surface area contributed by atoms with Crippen LogP contribution in [0.4, 0.5) is 0 Å². The summed E-state index contributed by atoms with van der Waals surface area (Å²) in [7, 11) is 0. The molecule has 0 saturated heterocycles. The molecule has 0 saturated carbocycles. The number of halogens is 1. The molecule has 0 amide bonds. The summed E-state index contributed by atoms with van der Waals surface area (Å²) in [5.74, 6) is 0.620. The molecule has 0 spiro atoms. The van der Waals surface area contributed by atoms with E-state index < -0.39 is 0 Å². The third-order valence-corrected chi connectivity index (χ3v) is 3.82. The van der Waals surface area contributed by atoms with Gasteiger partial charge in [-0.05, 0) is 29.9 Å². The molecular weight excluding hydrogens is 248 g/mol. The highest BCUT2D eigenvalue weighted by atomic mass is 79.9. The zero-order valence-corrected chi connectivity index (χ0v) is 11.4. The van der Waals surface area contributed by atoms with Crippen molar-refractivity contribution in [1.82, 2.24) is 0 Å². The van der Waals surface area contributed by atoms with Crippen LogP contribution in [0.25, 0.3) is 0 Å². The van der Waals surface area contributed by atoms with E-state index in [1.807, 2.05) is 0 Å². The molecule has 0 aliphatic rings. The number of rotatable bonds is 6. The summed E-state index contributed by atoms with van der Waals surface area (Å²) in [5, 5.41) is 1.04. The van der Waals surface area contributed by atoms with Gasteiger partial charge in [-0.1, -0.05) is 66.9 Å². The molecule has 1 aromatic carbocycles. The van der Waals surface area contributed by atoms with Crippen molar-refractivity contribution in [3.63, 3.8) is 0 Å². The molecule has 1 heteroatoms. The zero-order chi connectivity index (χ0) is 11.1. The van der Waals surface area contributed by atoms with Crippen molar-refractivity contribution in [2.24, 2.45) is 0 Å². The summed E-state index contributed by atoms with van der Waals surface area (Å²) in [6.07, 6.45) is 5.21. The van der Waals surface area contributed by atoms with Crippen LogP contribution in [-0.2, 0) is 6.42 Å². The Bertz CT molecular complexity index is 263. The minimum Gasteiger partial charge on any atom is -0.0922 e. The Hall–Kier alpha value is -0.300. The van der Waals surface area contributed by atoms with Gasteiger partial charge in [-0.3, -0.25) is 0 Å². The van der Waals surface area contributed by atoms with Crippen LogP contribution in [0.15, 0.2) is 24.3 Å². The Kier molecular flexibility index (Phi) is 6.00. The van der Waals surface area contributed by atoms with Gasteiger partial charge in [-0.15, -0.1) is 0 Å². The van der Waals surface area contributed by atoms with Crippen LogP contribution < -0.4 is 0 Å². The van der Waals surface area contributed by atoms with E-state index in [0.29, 0.717) is 5.92 Å². The molecule has 0 radical (unpaired) electrons. The van der Waals surface area contributed by atoms with E-state index >= 15 is 0 Å². The third kappa shape index (κ3) is 4.38. The molecule has 1 atom stereocenters. The van der Waals surface area contributed by atoms with Crippen LogP contribution in [0, 0.1) is 0 Å². The number of hydrogen-bond acceptors (Lipinski definition) is 0. The number of unbranched alkanes of at least 4 members (excludes halogenated alkanes) is 2. The van der Waals surface area contributed by atoms with E-state index in [0.717, 1.165) is 5.33 Å². The highest BCUT2D eigenvalue weighted by Crippen LogP contribution is 2.18. The number of alkyl halides is 1. The van der Waals surface area contributed by atoms with E-state index in [1.165, 1.54) is 36.8 Å². The lowest BCUT2D eigenvalue weighted by molar-refractivity contribution is 0.717. The van der Waals surface area contributed by atoms with Crippen LogP contribution in [-0.4, -0.2) is 5.33 Å². The monoisotopic (exact) mass is 268 g/mol. The molecule has 84 valence electrons. The summed E-state index contributed by atoms with van der Waals surface area (Å²) in [4.78, 5) is 0. The van der Waals surface area contributed by atoms with Crippen LogP contribution in [0.1, 0.15) is 50.2 Å². The van der Waals surface area contributed by atoms with E-state index in [1.54, 1.807) is 0 Å². The lowest BCUT2D eigenvalue weighted by atomic mass is 10.00. The molecule has 0 nitrogen and oxygen atoms in total. The Morgan fingerprint density at radius 3 is 2.33 bits per heavy atom. The van der Waals surface area contributed by atoms with Gasteiger partial charge >= 0.3 is 0 Å². The maximum Gasteiger partial charge on any atom is 0.00975 e. The minimum atomic E-state index is 0.620. The Morgan fingerprint density at radius 1 is 1.13 bits per heavy atom. The van der Waals surface area contributed by atoms with Gasteiger partial charge in [0.2, 0.25) is 0 Å². The van der Waals surface area contributed by atoms with Crippen molar-refractivity contribution in [3.8, 4) is 0 Å². The van der Waals surface area contributed by atoms with Gasteiger partial charge in [0.25, 0.3) is 0 Å². The SMILES string of the molecule is CCCCCc1ccc(C(C)CBr)cc1. The van der Waals surface area contributed by atoms with Gasteiger partial charge < -0.3 is 0 Å². The molecule has 1 aromatic rings. The lowest BCUT2D eigenvalue weighted by Crippen LogP contribution is -1.94. The van der Waals surface area contributed by atoms with Crippen LogP contribution in [0.2, 0.25) is 0 Å². The van der Waals surface area contributed by atoms with Crippen molar-refractivity contribution in [3.05, 3.63) is 35.4 Å². The van der Waals surface area contributed by atoms with Gasteiger partial charge in [0.05, 0.1) is 0 Å². The van der Waals surface area contributed by atoms with Crippen LogP contribution in [0.3, 0.4) is 0 Å². The fourth-order valence-electron chi connectivity index (χ4n) is 1.68. The zero-order valence-electron chi connectivity index (χ0n) is 9.80. The Balaban J connectivity index is 2.49. The number of hydrogen-bond donors (Lipinski definition) is 0. The molecule has 0 N–H and O–H groups in total. The van der Waals surface area contributed by atoms with E-state index in [9.17, 15) is 0 Å². The molecular formula is C14H21Br. The predicted molar refractivity (Wildman–Crippen MR) is 71.9 cm³/mol. The van der Waals surface area contributed by atoms with Gasteiger partial charge in [0.1, 0.15) is 0 Å². The molecule has 0 bridgehead atoms. The summed E-state index contributed by atoms with van der Waals surface area (Å²) in [6, 6.07) is 9.11. The van der Waals surface area contributed by atoms with Crippen molar-refractivity contribution < 1.29 is 0 Å². The fraction of sp³-hybridized carbons (Fsp3) is 0.571. The van der Waals surface area contributed by atoms with Gasteiger partial charge in [0, 0.05) is 5.33 Å². The predicted octanol–water partition coefficient (Wildman–Crippen LogP) is 4.92. The second kappa shape index (κ2) is 7.05. The van der Waals surface area contributed by atoms with E-state index in [-0.39, 0.29) is 0 Å². The summed E-state index contributed by atoms with van der Waals surface area (Å²) < 4.78 is 0. The standard InChI is InChI=1S/C14H21Br/c1-3-4-5-6-13-7-9-14(10-8-13)12(2)11-15/h7-10,12H,3-6,11H2,1-2H3. The second-order valence-corrected chi connectivity index (χ2v) is 4.90. The van der Waals surface area contributed by atoms with Crippen LogP contribution in [0.5, 0.6) is 0 Å². The first-order chi connectivity index (χ1) is 7.27. The first kappa shape index (κ1) is 12.8. The topological polar surface area (TPSA) is 0 Å². The molecule has 0 aliphatic carbocycles. The van der Waals surface area contributed by atoms with Gasteiger partial charge in [-0.25, -0.2) is 0 Å². The Labute approximate surface area is 102 Å². The molecule has 1 unspecified atom stereocenters. The average molecular weight is 269 g/mol. The van der Waals surface area contributed by atoms with E-state index in [4.69, 9.17) is 0 Å². The highest BCUT2D eigenvalue weighted by Gasteiger charge is 2.02. The normalized spacial score (nSPS) is 12.7. The summed E-state index contributed by atoms with van der Waals surface area (Å²) in [6.45, 7) is 4.50. The second-order valence-electron chi connectivity index (χ2n) is 4.25. The molecule has 0 aromatic heterocycles. The van der Waals surface area contributed by atoms with Crippen molar-refractivity contribution in [2.45, 2.75) is 45.4 Å². The molecule has 1 rings (SSSR count). The summed E-state index contributed by atoms with van der Waals surface area (Å²) in [5.41, 5.74) is 2.92. The largest absolute Gasteiger partial charge is 0.0922 e. The maximum atomic E-state index is 3.52. The lowest BCUT2D eigenvalue weighted by Gasteiger charge is -2.08. The fourth-order valence-corrected chi connectivity index (χ4v) is 2.05. The van der Waals surface area contributed by atoms with E-state index in [2.05, 4.69) is 54.0 Å². The molecule has 0 heterocycles. The van der Waals surface area contributed by atoms with Gasteiger partial charge in [-0.2, -0.15) is 0 Å². The quantitative estimate of drug-likeness (QED) is 0.508. The minimum absolute atomic E-state index is 0.620. The first-order valence-corrected chi connectivity index (χ1v) is 7.05. The van der Waals surface area contributed by atoms with Gasteiger partial charge in [0.15, 0.2) is 0 Å². The molecule has 0 aliphatic heterocycles. The first-order valence-electron chi connectivity index (χ1n) is 5.92. The van der Waals surface area contributed by atoms with Crippen molar-refractivity contribution in [2.75, 3.05) is 5.33 Å². The van der Waals surface area contributed by atoms with Crippen molar-refractivity contribution >= 4 is 15.9 Å². The number of aryl methyl sites for hydroxylation is 1. The highest BCUT2D eigenvalue weighted by molar-refractivity contribution is 9.09. The number of benzene rings is 1. The van der Waals surface area contributed by atoms with Crippen molar-refractivity contribution in [1.29, 1.82) is 0 Å².